The van der Waals surface area contributed by atoms with Gasteiger partial charge in [-0.25, -0.2) is 0 Å². The largest absolute Gasteiger partial charge is 0.487 e. The van der Waals surface area contributed by atoms with Crippen molar-refractivity contribution in [2.75, 3.05) is 18.0 Å². The molecule has 0 unspecified atom stereocenters. The summed E-state index contributed by atoms with van der Waals surface area (Å²) in [6.45, 7) is 2.92. The van der Waals surface area contributed by atoms with E-state index in [2.05, 4.69) is 47.4 Å². The summed E-state index contributed by atoms with van der Waals surface area (Å²) in [5, 5.41) is 0. The first-order valence-corrected chi connectivity index (χ1v) is 7.44. The Kier molecular flexibility index (Phi) is 4.22. The summed E-state index contributed by atoms with van der Waals surface area (Å²) in [5.74, 6) is 0.998. The number of ether oxygens (including phenoxy) is 1. The Morgan fingerprint density at radius 1 is 0.800 bits per heavy atom. The lowest BCUT2D eigenvalue weighted by Gasteiger charge is -2.30. The van der Waals surface area contributed by atoms with Gasteiger partial charge in [0.1, 0.15) is 12.4 Å². The first kappa shape index (κ1) is 13.0. The molecule has 0 N–H and O–H groups in total. The maximum Gasteiger partial charge on any atom is 0.143 e. The van der Waals surface area contributed by atoms with E-state index in [0.29, 0.717) is 6.61 Å². The highest BCUT2D eigenvalue weighted by molar-refractivity contribution is 5.58. The van der Waals surface area contributed by atoms with Crippen LogP contribution >= 0.6 is 0 Å². The highest BCUT2D eigenvalue weighted by Crippen LogP contribution is 2.30. The Morgan fingerprint density at radius 3 is 2.30 bits per heavy atom. The molecule has 0 aromatic heterocycles. The van der Waals surface area contributed by atoms with E-state index in [1.807, 2.05) is 12.1 Å². The second kappa shape index (κ2) is 6.47. The van der Waals surface area contributed by atoms with Crippen LogP contribution in [0.25, 0.3) is 0 Å². The van der Waals surface area contributed by atoms with Crippen molar-refractivity contribution < 1.29 is 4.74 Å². The first-order chi connectivity index (χ1) is 9.93. The first-order valence-electron chi connectivity index (χ1n) is 7.44. The van der Waals surface area contributed by atoms with Gasteiger partial charge in [-0.05, 0) is 37.0 Å². The van der Waals surface area contributed by atoms with Crippen LogP contribution in [0.2, 0.25) is 0 Å². The highest BCUT2D eigenvalue weighted by Gasteiger charge is 2.14. The monoisotopic (exact) mass is 267 g/mol. The maximum absolute atomic E-state index is 6.03. The zero-order valence-electron chi connectivity index (χ0n) is 11.8. The molecule has 0 spiro atoms. The minimum atomic E-state index is 0.631. The number of benzene rings is 2. The molecule has 2 heteroatoms. The van der Waals surface area contributed by atoms with E-state index in [-0.39, 0.29) is 0 Å². The zero-order chi connectivity index (χ0) is 13.6. The van der Waals surface area contributed by atoms with Gasteiger partial charge < -0.3 is 9.64 Å². The maximum atomic E-state index is 6.03. The predicted octanol–water partition coefficient (Wildman–Crippen LogP) is 4.26. The molecule has 0 saturated carbocycles. The van der Waals surface area contributed by atoms with Crippen LogP contribution < -0.4 is 9.64 Å². The van der Waals surface area contributed by atoms with Gasteiger partial charge >= 0.3 is 0 Å². The summed E-state index contributed by atoms with van der Waals surface area (Å²) in [6.07, 6.45) is 3.92. The molecule has 104 valence electrons. The molecule has 0 amide bonds. The van der Waals surface area contributed by atoms with E-state index in [9.17, 15) is 0 Å². The van der Waals surface area contributed by atoms with Gasteiger partial charge in [0.15, 0.2) is 0 Å². The molecule has 2 aromatic carbocycles. The Bertz CT molecular complexity index is 532. The molecule has 1 heterocycles. The predicted molar refractivity (Wildman–Crippen MR) is 83.3 cm³/mol. The lowest BCUT2D eigenvalue weighted by molar-refractivity contribution is 0.306. The van der Waals surface area contributed by atoms with Crippen LogP contribution in [0.4, 0.5) is 5.69 Å². The molecule has 0 aliphatic carbocycles. The highest BCUT2D eigenvalue weighted by atomic mass is 16.5. The zero-order valence-corrected chi connectivity index (χ0v) is 11.8. The van der Waals surface area contributed by atoms with Gasteiger partial charge in [0.05, 0.1) is 5.69 Å². The Balaban J connectivity index is 1.72. The van der Waals surface area contributed by atoms with Crippen molar-refractivity contribution in [1.29, 1.82) is 0 Å². The van der Waals surface area contributed by atoms with E-state index < -0.39 is 0 Å². The number of nitrogens with zero attached hydrogens (tertiary/aromatic N) is 1. The number of piperidine rings is 1. The van der Waals surface area contributed by atoms with Crippen LogP contribution in [-0.2, 0) is 6.61 Å². The molecule has 1 saturated heterocycles. The van der Waals surface area contributed by atoms with Crippen molar-refractivity contribution in [3.05, 3.63) is 60.2 Å². The summed E-state index contributed by atoms with van der Waals surface area (Å²) in [4.78, 5) is 2.45. The van der Waals surface area contributed by atoms with Gasteiger partial charge in [-0.2, -0.15) is 0 Å². The normalized spacial score (nSPS) is 15.1. The van der Waals surface area contributed by atoms with Gasteiger partial charge in [-0.1, -0.05) is 42.5 Å². The third-order valence-electron chi connectivity index (χ3n) is 3.80. The van der Waals surface area contributed by atoms with E-state index >= 15 is 0 Å². The van der Waals surface area contributed by atoms with Gasteiger partial charge in [0.2, 0.25) is 0 Å². The van der Waals surface area contributed by atoms with Crippen LogP contribution in [0.3, 0.4) is 0 Å². The standard InChI is InChI=1S/C18H21NO/c1-3-9-16(10-4-1)15-20-18-12-6-5-11-17(18)19-13-7-2-8-14-19/h1,3-6,9-12H,2,7-8,13-15H2. The fourth-order valence-electron chi connectivity index (χ4n) is 2.71. The van der Waals surface area contributed by atoms with Gasteiger partial charge in [0, 0.05) is 13.1 Å². The summed E-state index contributed by atoms with van der Waals surface area (Å²) in [6, 6.07) is 18.7. The molecule has 3 rings (SSSR count). The second-order valence-corrected chi connectivity index (χ2v) is 5.29. The van der Waals surface area contributed by atoms with Crippen molar-refractivity contribution in [2.45, 2.75) is 25.9 Å². The number of hydrogen-bond acceptors (Lipinski definition) is 2. The molecular weight excluding hydrogens is 246 g/mol. The molecule has 2 aromatic rings. The van der Waals surface area contributed by atoms with Crippen LogP contribution in [-0.4, -0.2) is 13.1 Å². The Hall–Kier alpha value is -1.96. The molecule has 2 nitrogen and oxygen atoms in total. The molecule has 0 radical (unpaired) electrons. The lowest BCUT2D eigenvalue weighted by atomic mass is 10.1. The van der Waals surface area contributed by atoms with Crippen molar-refractivity contribution in [2.24, 2.45) is 0 Å². The topological polar surface area (TPSA) is 12.5 Å². The second-order valence-electron chi connectivity index (χ2n) is 5.29. The molecule has 0 atom stereocenters. The van der Waals surface area contributed by atoms with Gasteiger partial charge in [-0.15, -0.1) is 0 Å². The molecule has 1 aliphatic rings. The summed E-state index contributed by atoms with van der Waals surface area (Å²) in [7, 11) is 0. The van der Waals surface area contributed by atoms with E-state index in [4.69, 9.17) is 4.74 Å². The van der Waals surface area contributed by atoms with Crippen molar-refractivity contribution in [3.8, 4) is 5.75 Å². The molecular formula is C18H21NO. The summed E-state index contributed by atoms with van der Waals surface area (Å²) < 4.78 is 6.03. The van der Waals surface area contributed by atoms with Gasteiger partial charge in [0.25, 0.3) is 0 Å². The van der Waals surface area contributed by atoms with Crippen LogP contribution in [0, 0.1) is 0 Å². The Morgan fingerprint density at radius 2 is 1.50 bits per heavy atom. The average molecular weight is 267 g/mol. The van der Waals surface area contributed by atoms with Crippen LogP contribution in [0.1, 0.15) is 24.8 Å². The third-order valence-corrected chi connectivity index (χ3v) is 3.80. The van der Waals surface area contributed by atoms with Crippen molar-refractivity contribution >= 4 is 5.69 Å². The van der Waals surface area contributed by atoms with Crippen molar-refractivity contribution in [3.63, 3.8) is 0 Å². The SMILES string of the molecule is c1ccc(COc2ccccc2N2CCCCC2)cc1. The number of hydrogen-bond donors (Lipinski definition) is 0. The third kappa shape index (κ3) is 3.13. The Labute approximate surface area is 121 Å². The van der Waals surface area contributed by atoms with Crippen molar-refractivity contribution in [1.82, 2.24) is 0 Å². The van der Waals surface area contributed by atoms with Crippen LogP contribution in [0.15, 0.2) is 54.6 Å². The molecule has 1 aliphatic heterocycles. The quantitative estimate of drug-likeness (QED) is 0.821. The number of para-hydroxylation sites is 2. The van der Waals surface area contributed by atoms with Crippen LogP contribution in [0.5, 0.6) is 5.75 Å². The summed E-state index contributed by atoms with van der Waals surface area (Å²) >= 11 is 0. The minimum absolute atomic E-state index is 0.631. The average Bonchev–Trinajstić information content (AvgIpc) is 2.55. The molecule has 0 bridgehead atoms. The lowest BCUT2D eigenvalue weighted by Crippen LogP contribution is -2.29. The summed E-state index contributed by atoms with van der Waals surface area (Å²) in [5.41, 5.74) is 2.45. The minimum Gasteiger partial charge on any atom is -0.487 e. The van der Waals surface area contributed by atoms with E-state index in [0.717, 1.165) is 18.8 Å². The molecule has 20 heavy (non-hydrogen) atoms. The smallest absolute Gasteiger partial charge is 0.143 e. The van der Waals surface area contributed by atoms with E-state index in [1.54, 1.807) is 0 Å². The number of anilines is 1. The fraction of sp³-hybridized carbons (Fsp3) is 0.333. The van der Waals surface area contributed by atoms with Gasteiger partial charge in [-0.3, -0.25) is 0 Å². The fourth-order valence-corrected chi connectivity index (χ4v) is 2.71. The molecule has 1 fully saturated rings. The van der Waals surface area contributed by atoms with E-state index in [1.165, 1.54) is 30.5 Å². The number of rotatable bonds is 4.